The highest BCUT2D eigenvalue weighted by molar-refractivity contribution is 6.00. The van der Waals surface area contributed by atoms with Gasteiger partial charge in [0.05, 0.1) is 0 Å². The molecule has 3 rings (SSSR count). The van der Waals surface area contributed by atoms with Crippen LogP contribution >= 0.6 is 0 Å². The molecule has 0 heterocycles. The summed E-state index contributed by atoms with van der Waals surface area (Å²) >= 11 is 0. The van der Waals surface area contributed by atoms with Crippen LogP contribution in [-0.2, 0) is 32.1 Å². The van der Waals surface area contributed by atoms with Crippen LogP contribution in [0.4, 0.5) is 0 Å². The third kappa shape index (κ3) is 3.43. The van der Waals surface area contributed by atoms with Gasteiger partial charge in [-0.05, 0) is 34.2 Å². The van der Waals surface area contributed by atoms with Crippen LogP contribution in [0.25, 0.3) is 11.1 Å². The highest BCUT2D eigenvalue weighted by atomic mass is 16.5. The van der Waals surface area contributed by atoms with Crippen LogP contribution in [0.15, 0.2) is 42.5 Å². The molecule has 0 aliphatic heterocycles. The summed E-state index contributed by atoms with van der Waals surface area (Å²) in [5.41, 5.74) is 11.7. The van der Waals surface area contributed by atoms with Gasteiger partial charge in [0.15, 0.2) is 0 Å². The maximum atomic E-state index is 12.2. The summed E-state index contributed by atoms with van der Waals surface area (Å²) in [5.74, 6) is -4.26. The van der Waals surface area contributed by atoms with E-state index in [4.69, 9.17) is 15.7 Å². The molecule has 1 aliphatic carbocycles. The van der Waals surface area contributed by atoms with Gasteiger partial charge in [-0.3, -0.25) is 19.6 Å². The fraction of sp³-hybridized carbons (Fsp3) is 0.211. The summed E-state index contributed by atoms with van der Waals surface area (Å²) in [6.07, 6.45) is 0.199. The number of primary amides is 1. The number of carbonyl (C=O) groups excluding carboxylic acids is 3. The van der Waals surface area contributed by atoms with Crippen molar-refractivity contribution in [2.24, 2.45) is 11.7 Å². The van der Waals surface area contributed by atoms with Crippen molar-refractivity contribution >= 4 is 17.8 Å². The molecule has 0 bridgehead atoms. The minimum Gasteiger partial charge on any atom is -0.460 e. The Morgan fingerprint density at radius 1 is 1.12 bits per heavy atom. The number of esters is 1. The molecule has 134 valence electrons. The van der Waals surface area contributed by atoms with Gasteiger partial charge >= 0.3 is 5.97 Å². The average Bonchev–Trinajstić information content (AvgIpc) is 3.02. The van der Waals surface area contributed by atoms with Crippen molar-refractivity contribution in [3.05, 3.63) is 59.2 Å². The van der Waals surface area contributed by atoms with E-state index in [-0.39, 0.29) is 6.61 Å². The number of fused-ring (bicyclic) bond motifs is 3. The first-order chi connectivity index (χ1) is 12.5. The third-order valence-electron chi connectivity index (χ3n) is 4.43. The molecule has 4 N–H and O–H groups in total. The molecule has 0 fully saturated rings. The van der Waals surface area contributed by atoms with Crippen LogP contribution in [0.1, 0.15) is 23.1 Å². The number of nitrogens with two attached hydrogens (primary N) is 1. The van der Waals surface area contributed by atoms with Crippen molar-refractivity contribution < 1.29 is 24.3 Å². The second kappa shape index (κ2) is 7.37. The lowest BCUT2D eigenvalue weighted by Gasteiger charge is -2.14. The van der Waals surface area contributed by atoms with Crippen molar-refractivity contribution in [2.75, 3.05) is 0 Å². The van der Waals surface area contributed by atoms with Gasteiger partial charge in [-0.15, -0.1) is 0 Å². The molecule has 7 heteroatoms. The molecule has 2 aromatic rings. The summed E-state index contributed by atoms with van der Waals surface area (Å²) < 4.78 is 5.22. The number of hydrogen-bond acceptors (Lipinski definition) is 5. The Labute approximate surface area is 149 Å². The van der Waals surface area contributed by atoms with E-state index in [0.717, 1.165) is 28.7 Å². The topological polar surface area (TPSA) is 119 Å². The van der Waals surface area contributed by atoms with Crippen LogP contribution in [0.5, 0.6) is 0 Å². The Morgan fingerprint density at radius 3 is 2.58 bits per heavy atom. The van der Waals surface area contributed by atoms with Crippen LogP contribution in [0, 0.1) is 5.92 Å². The first-order valence-corrected chi connectivity index (χ1v) is 8.09. The zero-order chi connectivity index (χ0) is 18.7. The minimum atomic E-state index is -1.48. The lowest BCUT2D eigenvalue weighted by atomic mass is 10.0. The normalized spacial score (nSPS) is 12.7. The quantitative estimate of drug-likeness (QED) is 0.267. The SMILES string of the molecule is NC(=O)CC(C(=O)NO)C(=O)OCc1cccc2c1Cc1ccccc1-2. The first kappa shape index (κ1) is 17.6. The summed E-state index contributed by atoms with van der Waals surface area (Å²) in [5, 5.41) is 8.72. The first-order valence-electron chi connectivity index (χ1n) is 8.09. The number of nitrogens with one attached hydrogen (secondary N) is 1. The van der Waals surface area contributed by atoms with Crippen LogP contribution < -0.4 is 11.2 Å². The predicted molar refractivity (Wildman–Crippen MR) is 91.7 cm³/mol. The molecule has 26 heavy (non-hydrogen) atoms. The molecule has 0 saturated carbocycles. The Hall–Kier alpha value is -3.19. The molecule has 1 aliphatic rings. The fourth-order valence-corrected chi connectivity index (χ4v) is 3.17. The van der Waals surface area contributed by atoms with Crippen LogP contribution in [0.3, 0.4) is 0 Å². The van der Waals surface area contributed by atoms with E-state index < -0.39 is 30.1 Å². The van der Waals surface area contributed by atoms with Crippen molar-refractivity contribution in [2.45, 2.75) is 19.4 Å². The number of ether oxygens (including phenoxy) is 1. The van der Waals surface area contributed by atoms with E-state index in [1.807, 2.05) is 36.4 Å². The predicted octanol–water partition coefficient (Wildman–Crippen LogP) is 1.30. The maximum Gasteiger partial charge on any atom is 0.319 e. The molecule has 2 aromatic carbocycles. The summed E-state index contributed by atoms with van der Waals surface area (Å²) in [6, 6.07) is 13.8. The van der Waals surface area contributed by atoms with Gasteiger partial charge in [0.25, 0.3) is 5.91 Å². The number of amides is 2. The van der Waals surface area contributed by atoms with Gasteiger partial charge in [-0.2, -0.15) is 0 Å². The smallest absolute Gasteiger partial charge is 0.319 e. The zero-order valence-electron chi connectivity index (χ0n) is 13.9. The molecule has 2 amide bonds. The molecule has 0 radical (unpaired) electrons. The average molecular weight is 354 g/mol. The Balaban J connectivity index is 1.76. The van der Waals surface area contributed by atoms with Gasteiger partial charge in [-0.1, -0.05) is 42.5 Å². The number of rotatable bonds is 6. The Morgan fingerprint density at radius 2 is 1.85 bits per heavy atom. The zero-order valence-corrected chi connectivity index (χ0v) is 13.9. The van der Waals surface area contributed by atoms with Crippen molar-refractivity contribution in [3.63, 3.8) is 0 Å². The van der Waals surface area contributed by atoms with Crippen LogP contribution in [0.2, 0.25) is 0 Å². The summed E-state index contributed by atoms with van der Waals surface area (Å²) in [4.78, 5) is 34.8. The summed E-state index contributed by atoms with van der Waals surface area (Å²) in [7, 11) is 0. The standard InChI is InChI=1S/C19H18N2O5/c20-17(22)9-16(18(23)21-25)19(24)26-10-12-5-3-7-14-13-6-2-1-4-11(13)8-15(12)14/h1-7,16,25H,8-10H2,(H2,20,22)(H,21,23). The second-order valence-corrected chi connectivity index (χ2v) is 6.08. The summed E-state index contributed by atoms with van der Waals surface area (Å²) in [6.45, 7) is -0.0377. The van der Waals surface area contributed by atoms with E-state index in [0.29, 0.717) is 0 Å². The molecule has 0 saturated heterocycles. The number of benzene rings is 2. The lowest BCUT2D eigenvalue weighted by molar-refractivity contribution is -0.157. The highest BCUT2D eigenvalue weighted by Crippen LogP contribution is 2.38. The number of hydroxylamine groups is 1. The molecule has 0 spiro atoms. The Bertz CT molecular complexity index is 878. The minimum absolute atomic E-state index is 0.0377. The van der Waals surface area contributed by atoms with Crippen molar-refractivity contribution in [1.29, 1.82) is 0 Å². The largest absolute Gasteiger partial charge is 0.460 e. The maximum absolute atomic E-state index is 12.2. The lowest BCUT2D eigenvalue weighted by Crippen LogP contribution is -2.37. The van der Waals surface area contributed by atoms with Crippen LogP contribution in [-0.4, -0.2) is 23.0 Å². The van der Waals surface area contributed by atoms with Gasteiger partial charge in [0, 0.05) is 6.42 Å². The van der Waals surface area contributed by atoms with Gasteiger partial charge in [0.2, 0.25) is 5.91 Å². The highest BCUT2D eigenvalue weighted by Gasteiger charge is 2.30. The van der Waals surface area contributed by atoms with Gasteiger partial charge < -0.3 is 10.5 Å². The fourth-order valence-electron chi connectivity index (χ4n) is 3.17. The van der Waals surface area contributed by atoms with E-state index in [9.17, 15) is 14.4 Å². The van der Waals surface area contributed by atoms with Crippen molar-refractivity contribution in [1.82, 2.24) is 5.48 Å². The molecule has 7 nitrogen and oxygen atoms in total. The van der Waals surface area contributed by atoms with Crippen molar-refractivity contribution in [3.8, 4) is 11.1 Å². The van der Waals surface area contributed by atoms with E-state index in [1.54, 1.807) is 0 Å². The molecular weight excluding hydrogens is 336 g/mol. The molecular formula is C19H18N2O5. The second-order valence-electron chi connectivity index (χ2n) is 6.08. The van der Waals surface area contributed by atoms with E-state index in [1.165, 1.54) is 11.0 Å². The molecule has 0 aromatic heterocycles. The monoisotopic (exact) mass is 354 g/mol. The number of hydrogen-bond donors (Lipinski definition) is 3. The van der Waals surface area contributed by atoms with Gasteiger partial charge in [0.1, 0.15) is 12.5 Å². The van der Waals surface area contributed by atoms with E-state index in [2.05, 4.69) is 6.07 Å². The molecule has 1 unspecified atom stereocenters. The Kier molecular flexibility index (Phi) is 4.99. The third-order valence-corrected chi connectivity index (χ3v) is 4.43. The van der Waals surface area contributed by atoms with Gasteiger partial charge in [-0.25, -0.2) is 5.48 Å². The van der Waals surface area contributed by atoms with E-state index >= 15 is 0 Å². The molecule has 1 atom stereocenters. The number of carbonyl (C=O) groups is 3.